The molecule has 0 saturated carbocycles. The monoisotopic (exact) mass is 216 g/mol. The Bertz CT molecular complexity index is 470. The molecule has 0 unspecified atom stereocenters. The van der Waals surface area contributed by atoms with Crippen molar-refractivity contribution in [3.05, 3.63) is 33.9 Å². The first-order chi connectivity index (χ1) is 7.67. The molecule has 1 aliphatic rings. The zero-order valence-electron chi connectivity index (χ0n) is 9.96. The zero-order chi connectivity index (χ0) is 11.7. The number of hydrogen-bond donors (Lipinski definition) is 0. The van der Waals surface area contributed by atoms with Crippen LogP contribution in [0.3, 0.4) is 0 Å². The number of benzene rings is 1. The van der Waals surface area contributed by atoms with Crippen LogP contribution in [0.5, 0.6) is 5.75 Å². The highest BCUT2D eigenvalue weighted by atomic mass is 16.5. The quantitative estimate of drug-likeness (QED) is 0.710. The number of methoxy groups -OCH3 is 1. The molecule has 0 saturated heterocycles. The Balaban J connectivity index is 2.66. The maximum atomic E-state index is 10.8. The minimum Gasteiger partial charge on any atom is -0.496 e. The molecule has 0 amide bonds. The summed E-state index contributed by atoms with van der Waals surface area (Å²) in [5.41, 5.74) is 5.78. The van der Waals surface area contributed by atoms with Crippen molar-refractivity contribution in [2.24, 2.45) is 0 Å². The summed E-state index contributed by atoms with van der Waals surface area (Å²) in [5, 5.41) is 0. The van der Waals surface area contributed by atoms with Crippen LogP contribution in [0.1, 0.15) is 28.7 Å². The van der Waals surface area contributed by atoms with Gasteiger partial charge in [-0.15, -0.1) is 0 Å². The molecule has 0 fully saturated rings. The summed E-state index contributed by atoms with van der Waals surface area (Å²) in [6.07, 6.45) is 4.76. The fraction of sp³-hybridized carbons (Fsp3) is 0.357. The van der Waals surface area contributed by atoms with E-state index in [0.717, 1.165) is 36.0 Å². The van der Waals surface area contributed by atoms with Crippen LogP contribution in [0, 0.1) is 13.8 Å². The number of ether oxygens (including phenoxy) is 1. The smallest absolute Gasteiger partial charge is 0.146 e. The topological polar surface area (TPSA) is 26.3 Å². The lowest BCUT2D eigenvalue weighted by molar-refractivity contribution is -0.105. The fourth-order valence-corrected chi connectivity index (χ4v) is 2.32. The van der Waals surface area contributed by atoms with Crippen molar-refractivity contribution in [3.63, 3.8) is 0 Å². The van der Waals surface area contributed by atoms with Gasteiger partial charge in [0, 0.05) is 0 Å². The van der Waals surface area contributed by atoms with Gasteiger partial charge in [-0.1, -0.05) is 0 Å². The summed E-state index contributed by atoms with van der Waals surface area (Å²) in [6, 6.07) is 2.08. The summed E-state index contributed by atoms with van der Waals surface area (Å²) >= 11 is 0. The maximum Gasteiger partial charge on any atom is 0.146 e. The van der Waals surface area contributed by atoms with E-state index in [1.807, 2.05) is 13.0 Å². The molecular formula is C14H16O2. The second kappa shape index (κ2) is 4.12. The van der Waals surface area contributed by atoms with Crippen molar-refractivity contribution in [2.75, 3.05) is 7.11 Å². The van der Waals surface area contributed by atoms with E-state index < -0.39 is 0 Å². The van der Waals surface area contributed by atoms with Gasteiger partial charge in [-0.25, -0.2) is 0 Å². The second-order valence-corrected chi connectivity index (χ2v) is 4.25. The summed E-state index contributed by atoms with van der Waals surface area (Å²) in [5.74, 6) is 0.902. The number of carbonyl (C=O) groups is 1. The summed E-state index contributed by atoms with van der Waals surface area (Å²) in [4.78, 5) is 10.8. The van der Waals surface area contributed by atoms with Crippen LogP contribution in [0.15, 0.2) is 11.6 Å². The van der Waals surface area contributed by atoms with Gasteiger partial charge < -0.3 is 4.74 Å². The van der Waals surface area contributed by atoms with E-state index in [9.17, 15) is 4.79 Å². The van der Waals surface area contributed by atoms with Gasteiger partial charge in [0.1, 0.15) is 12.0 Å². The molecule has 2 heteroatoms. The Kier molecular flexibility index (Phi) is 2.82. The molecule has 0 aliphatic heterocycles. The van der Waals surface area contributed by atoms with Crippen molar-refractivity contribution in [2.45, 2.75) is 26.7 Å². The van der Waals surface area contributed by atoms with E-state index in [-0.39, 0.29) is 0 Å². The normalized spacial score (nSPS) is 14.1. The van der Waals surface area contributed by atoms with Gasteiger partial charge in [0.25, 0.3) is 0 Å². The van der Waals surface area contributed by atoms with Crippen molar-refractivity contribution < 1.29 is 9.53 Å². The van der Waals surface area contributed by atoms with Gasteiger partial charge >= 0.3 is 0 Å². The lowest BCUT2D eigenvalue weighted by Crippen LogP contribution is -2.05. The highest BCUT2D eigenvalue weighted by Crippen LogP contribution is 2.33. The average molecular weight is 216 g/mol. The highest BCUT2D eigenvalue weighted by Gasteiger charge is 2.16. The molecule has 0 spiro atoms. The van der Waals surface area contributed by atoms with Gasteiger partial charge in [-0.05, 0) is 66.7 Å². The van der Waals surface area contributed by atoms with E-state index in [4.69, 9.17) is 4.74 Å². The van der Waals surface area contributed by atoms with E-state index >= 15 is 0 Å². The van der Waals surface area contributed by atoms with Crippen LogP contribution >= 0.6 is 0 Å². The van der Waals surface area contributed by atoms with Gasteiger partial charge in [0.05, 0.1) is 7.11 Å². The van der Waals surface area contributed by atoms with E-state index in [1.54, 1.807) is 7.11 Å². The first-order valence-electron chi connectivity index (χ1n) is 5.50. The fourth-order valence-electron chi connectivity index (χ4n) is 2.32. The Morgan fingerprint density at radius 1 is 1.31 bits per heavy atom. The first kappa shape index (κ1) is 10.9. The molecule has 84 valence electrons. The zero-order valence-corrected chi connectivity index (χ0v) is 9.96. The summed E-state index contributed by atoms with van der Waals surface area (Å²) in [7, 11) is 1.68. The molecule has 0 bridgehead atoms. The molecule has 0 radical (unpaired) electrons. The second-order valence-electron chi connectivity index (χ2n) is 4.25. The molecule has 0 heterocycles. The largest absolute Gasteiger partial charge is 0.496 e. The van der Waals surface area contributed by atoms with Gasteiger partial charge in [0.2, 0.25) is 0 Å². The molecule has 0 atom stereocenters. The third-order valence-corrected chi connectivity index (χ3v) is 3.29. The van der Waals surface area contributed by atoms with Crippen LogP contribution < -0.4 is 4.74 Å². The number of allylic oxidation sites excluding steroid dienone is 1. The third kappa shape index (κ3) is 1.64. The number of fused-ring (bicyclic) bond motifs is 1. The maximum absolute atomic E-state index is 10.8. The lowest BCUT2D eigenvalue weighted by Gasteiger charge is -2.20. The Hall–Kier alpha value is -1.57. The van der Waals surface area contributed by atoms with E-state index in [1.165, 1.54) is 16.7 Å². The molecule has 1 aromatic carbocycles. The predicted molar refractivity (Wildman–Crippen MR) is 64.8 cm³/mol. The first-order valence-corrected chi connectivity index (χ1v) is 5.50. The SMILES string of the molecule is COc1cc(C)c2c(c1C)C=C(C=O)CC2. The molecule has 0 N–H and O–H groups in total. The Morgan fingerprint density at radius 3 is 2.69 bits per heavy atom. The van der Waals surface area contributed by atoms with Crippen molar-refractivity contribution in [1.29, 1.82) is 0 Å². The third-order valence-electron chi connectivity index (χ3n) is 3.29. The molecule has 2 rings (SSSR count). The molecule has 1 aromatic rings. The van der Waals surface area contributed by atoms with Crippen molar-refractivity contribution in [1.82, 2.24) is 0 Å². The van der Waals surface area contributed by atoms with Crippen LogP contribution in [0.25, 0.3) is 6.08 Å². The molecule has 16 heavy (non-hydrogen) atoms. The molecule has 1 aliphatic carbocycles. The standard InChI is InChI=1S/C14H16O2/c1-9-6-14(16-3)10(2)13-7-11(8-15)4-5-12(9)13/h6-8H,4-5H2,1-3H3. The molecular weight excluding hydrogens is 200 g/mol. The molecule has 2 nitrogen and oxygen atoms in total. The Labute approximate surface area is 95.9 Å². The highest BCUT2D eigenvalue weighted by molar-refractivity contribution is 5.85. The van der Waals surface area contributed by atoms with Crippen LogP contribution in [0.4, 0.5) is 0 Å². The van der Waals surface area contributed by atoms with Gasteiger partial charge in [-0.2, -0.15) is 0 Å². The molecule has 0 aromatic heterocycles. The number of aldehydes is 1. The number of aryl methyl sites for hydroxylation is 1. The minimum absolute atomic E-state index is 0.850. The average Bonchev–Trinajstić information content (AvgIpc) is 2.33. The van der Waals surface area contributed by atoms with E-state index in [2.05, 4.69) is 13.0 Å². The van der Waals surface area contributed by atoms with Crippen molar-refractivity contribution >= 4 is 12.4 Å². The van der Waals surface area contributed by atoms with Crippen LogP contribution in [0.2, 0.25) is 0 Å². The van der Waals surface area contributed by atoms with Crippen LogP contribution in [-0.2, 0) is 11.2 Å². The number of carbonyl (C=O) groups excluding carboxylic acids is 1. The lowest BCUT2D eigenvalue weighted by atomic mass is 9.86. The van der Waals surface area contributed by atoms with E-state index in [0.29, 0.717) is 0 Å². The van der Waals surface area contributed by atoms with Crippen molar-refractivity contribution in [3.8, 4) is 5.75 Å². The minimum atomic E-state index is 0.850. The summed E-state index contributed by atoms with van der Waals surface area (Å²) in [6.45, 7) is 4.14. The Morgan fingerprint density at radius 2 is 2.06 bits per heavy atom. The number of hydrogen-bond acceptors (Lipinski definition) is 2. The predicted octanol–water partition coefficient (Wildman–Crippen LogP) is 2.84. The summed E-state index contributed by atoms with van der Waals surface area (Å²) < 4.78 is 5.34. The van der Waals surface area contributed by atoms with Gasteiger partial charge in [0.15, 0.2) is 0 Å². The van der Waals surface area contributed by atoms with Gasteiger partial charge in [-0.3, -0.25) is 4.79 Å². The number of rotatable bonds is 2. The van der Waals surface area contributed by atoms with Crippen LogP contribution in [-0.4, -0.2) is 13.4 Å².